The summed E-state index contributed by atoms with van der Waals surface area (Å²) >= 11 is 6.11. The first-order valence-corrected chi connectivity index (χ1v) is 7.94. The minimum atomic E-state index is -1.38. The number of benzene rings is 1. The minimum absolute atomic E-state index is 0.259. The number of hydrogen-bond acceptors (Lipinski definition) is 6. The number of carbonyl (C=O) groups excluding carboxylic acids is 2. The average Bonchev–Trinajstić information content (AvgIpc) is 3.26. The van der Waals surface area contributed by atoms with E-state index < -0.39 is 36.4 Å². The number of carboxylic acids is 1. The monoisotopic (exact) mass is 366 g/mol. The van der Waals surface area contributed by atoms with Crippen LogP contribution in [0.4, 0.5) is 0 Å². The van der Waals surface area contributed by atoms with Gasteiger partial charge in [-0.2, -0.15) is 0 Å². The van der Waals surface area contributed by atoms with Gasteiger partial charge in [-0.3, -0.25) is 9.59 Å². The van der Waals surface area contributed by atoms with E-state index in [-0.39, 0.29) is 10.8 Å². The van der Waals surface area contributed by atoms with Gasteiger partial charge in [0.05, 0.1) is 11.6 Å². The highest BCUT2D eigenvalue weighted by molar-refractivity contribution is 6.35. The number of halogens is 1. The van der Waals surface area contributed by atoms with E-state index in [2.05, 4.69) is 10.3 Å². The summed E-state index contributed by atoms with van der Waals surface area (Å²) in [6.07, 6.45) is 0.315. The molecule has 0 bridgehead atoms. The fraction of sp³-hybridized carbons (Fsp3) is 0.375. The van der Waals surface area contributed by atoms with Crippen molar-refractivity contribution in [1.29, 1.82) is 0 Å². The summed E-state index contributed by atoms with van der Waals surface area (Å²) in [6.45, 7) is 0.948. The molecule has 0 aliphatic heterocycles. The van der Waals surface area contributed by atoms with Crippen molar-refractivity contribution >= 4 is 40.4 Å². The molecule has 1 amide bonds. The number of oxazole rings is 1. The number of amides is 1. The SMILES string of the molecule is Cc1nc2cc(C(=O)[C@H]3C[C@@H]3C(=O)N[C@@H](CO)C(=O)O)cc(Cl)c2o1. The Morgan fingerprint density at radius 1 is 1.40 bits per heavy atom. The van der Waals surface area contributed by atoms with Crippen LogP contribution in [0.5, 0.6) is 0 Å². The van der Waals surface area contributed by atoms with Gasteiger partial charge >= 0.3 is 5.97 Å². The lowest BCUT2D eigenvalue weighted by atomic mass is 10.0. The van der Waals surface area contributed by atoms with Gasteiger partial charge in [0.15, 0.2) is 17.3 Å². The Kier molecular flexibility index (Phi) is 4.49. The molecule has 2 aromatic rings. The number of fused-ring (bicyclic) bond motifs is 1. The van der Waals surface area contributed by atoms with Gasteiger partial charge in [-0.1, -0.05) is 11.6 Å². The van der Waals surface area contributed by atoms with Crippen molar-refractivity contribution in [3.63, 3.8) is 0 Å². The number of aromatic nitrogens is 1. The van der Waals surface area contributed by atoms with Gasteiger partial charge in [-0.25, -0.2) is 9.78 Å². The zero-order valence-corrected chi connectivity index (χ0v) is 13.9. The Balaban J connectivity index is 1.73. The molecule has 9 heteroatoms. The number of ketones is 1. The third-order valence-corrected chi connectivity index (χ3v) is 4.38. The van der Waals surface area contributed by atoms with Crippen LogP contribution in [0.3, 0.4) is 0 Å². The summed E-state index contributed by atoms with van der Waals surface area (Å²) in [5.41, 5.74) is 1.18. The summed E-state index contributed by atoms with van der Waals surface area (Å²) in [7, 11) is 0. The highest BCUT2D eigenvalue weighted by atomic mass is 35.5. The standard InChI is InChI=1S/C16H15ClN2O6/c1-6-18-11-3-7(2-10(17)14(11)25-6)13(21)8-4-9(8)15(22)19-12(5-20)16(23)24/h2-3,8-9,12,20H,4-5H2,1H3,(H,19,22)(H,23,24)/t8-,9-,12-/m0/s1. The van der Waals surface area contributed by atoms with E-state index in [9.17, 15) is 14.4 Å². The molecule has 3 rings (SSSR count). The third-order valence-electron chi connectivity index (χ3n) is 4.10. The number of hydrogen-bond donors (Lipinski definition) is 3. The number of Topliss-reactive ketones (excluding diaryl/α,β-unsaturated/α-hetero) is 1. The fourth-order valence-corrected chi connectivity index (χ4v) is 2.95. The lowest BCUT2D eigenvalue weighted by Gasteiger charge is -2.11. The molecule has 3 N–H and O–H groups in total. The summed E-state index contributed by atoms with van der Waals surface area (Å²) in [4.78, 5) is 39.6. The van der Waals surface area contributed by atoms with E-state index in [1.807, 2.05) is 0 Å². The quantitative estimate of drug-likeness (QED) is 0.654. The molecule has 132 valence electrons. The number of aliphatic carboxylic acids is 1. The molecule has 0 spiro atoms. The number of nitrogens with one attached hydrogen (secondary N) is 1. The van der Waals surface area contributed by atoms with Crippen molar-refractivity contribution in [2.45, 2.75) is 19.4 Å². The molecular weight excluding hydrogens is 352 g/mol. The summed E-state index contributed by atoms with van der Waals surface area (Å²) < 4.78 is 5.35. The summed E-state index contributed by atoms with van der Waals surface area (Å²) in [5, 5.41) is 20.3. The Morgan fingerprint density at radius 3 is 2.76 bits per heavy atom. The maximum absolute atomic E-state index is 12.6. The molecule has 25 heavy (non-hydrogen) atoms. The number of rotatable bonds is 6. The second-order valence-electron chi connectivity index (χ2n) is 5.93. The number of nitrogens with zero attached hydrogens (tertiary/aromatic N) is 1. The molecule has 1 fully saturated rings. The Morgan fingerprint density at radius 2 is 2.12 bits per heavy atom. The molecule has 1 heterocycles. The lowest BCUT2D eigenvalue weighted by molar-refractivity contribution is -0.143. The van der Waals surface area contributed by atoms with Crippen molar-refractivity contribution < 1.29 is 29.0 Å². The van der Waals surface area contributed by atoms with Crippen LogP contribution in [0, 0.1) is 18.8 Å². The first-order valence-electron chi connectivity index (χ1n) is 7.56. The van der Waals surface area contributed by atoms with Crippen molar-refractivity contribution in [2.24, 2.45) is 11.8 Å². The zero-order chi connectivity index (χ0) is 18.3. The predicted molar refractivity (Wildman–Crippen MR) is 86.3 cm³/mol. The molecule has 1 aliphatic carbocycles. The topological polar surface area (TPSA) is 130 Å². The van der Waals surface area contributed by atoms with E-state index in [0.29, 0.717) is 29.0 Å². The zero-order valence-electron chi connectivity index (χ0n) is 13.2. The molecule has 1 aromatic carbocycles. The van der Waals surface area contributed by atoms with E-state index in [1.165, 1.54) is 6.07 Å². The third kappa shape index (κ3) is 3.35. The molecule has 1 saturated carbocycles. The van der Waals surface area contributed by atoms with E-state index in [4.69, 9.17) is 26.2 Å². The molecule has 1 aromatic heterocycles. The molecule has 3 atom stereocenters. The van der Waals surface area contributed by atoms with Gasteiger partial charge in [-0.05, 0) is 18.6 Å². The fourth-order valence-electron chi connectivity index (χ4n) is 2.70. The number of aliphatic hydroxyl groups is 1. The maximum Gasteiger partial charge on any atom is 0.328 e. The second kappa shape index (κ2) is 6.45. The number of aryl methyl sites for hydroxylation is 1. The summed E-state index contributed by atoms with van der Waals surface area (Å²) in [6, 6.07) is 1.65. The number of aliphatic hydroxyl groups excluding tert-OH is 1. The average molecular weight is 367 g/mol. The van der Waals surface area contributed by atoms with Gasteiger partial charge < -0.3 is 19.9 Å². The molecule has 1 aliphatic rings. The van der Waals surface area contributed by atoms with Gasteiger partial charge in [0, 0.05) is 24.3 Å². The van der Waals surface area contributed by atoms with Crippen LogP contribution < -0.4 is 5.32 Å². The van der Waals surface area contributed by atoms with Crippen LogP contribution in [-0.4, -0.2) is 45.5 Å². The molecule has 8 nitrogen and oxygen atoms in total. The summed E-state index contributed by atoms with van der Waals surface area (Å²) in [5.74, 6) is -2.90. The van der Waals surface area contributed by atoms with Gasteiger partial charge in [0.1, 0.15) is 11.6 Å². The second-order valence-corrected chi connectivity index (χ2v) is 6.34. The van der Waals surface area contributed by atoms with Crippen molar-refractivity contribution in [1.82, 2.24) is 10.3 Å². The lowest BCUT2D eigenvalue weighted by Crippen LogP contribution is -2.44. The Labute approximate surface area is 146 Å². The smallest absolute Gasteiger partial charge is 0.328 e. The van der Waals surface area contributed by atoms with Crippen molar-refractivity contribution in [3.8, 4) is 0 Å². The number of carboxylic acid groups (broad SMARTS) is 1. The largest absolute Gasteiger partial charge is 0.480 e. The van der Waals surface area contributed by atoms with Crippen LogP contribution in [0.15, 0.2) is 16.5 Å². The van der Waals surface area contributed by atoms with Gasteiger partial charge in [0.2, 0.25) is 5.91 Å². The molecule has 0 saturated heterocycles. The predicted octanol–water partition coefficient (Wildman–Crippen LogP) is 1.17. The highest BCUT2D eigenvalue weighted by Gasteiger charge is 2.48. The first kappa shape index (κ1) is 17.4. The van der Waals surface area contributed by atoms with Crippen LogP contribution >= 0.6 is 11.6 Å². The molecule has 0 radical (unpaired) electrons. The molecular formula is C16H15ClN2O6. The first-order chi connectivity index (χ1) is 11.8. The van der Waals surface area contributed by atoms with Crippen LogP contribution in [0.25, 0.3) is 11.1 Å². The van der Waals surface area contributed by atoms with Gasteiger partial charge in [0.25, 0.3) is 0 Å². The van der Waals surface area contributed by atoms with E-state index in [1.54, 1.807) is 13.0 Å². The van der Waals surface area contributed by atoms with Crippen molar-refractivity contribution in [2.75, 3.05) is 6.61 Å². The normalized spacial score (nSPS) is 20.3. The Hall–Kier alpha value is -2.45. The number of carbonyl (C=O) groups is 3. The van der Waals surface area contributed by atoms with Crippen LogP contribution in [-0.2, 0) is 9.59 Å². The maximum atomic E-state index is 12.6. The van der Waals surface area contributed by atoms with E-state index >= 15 is 0 Å². The highest BCUT2D eigenvalue weighted by Crippen LogP contribution is 2.42. The van der Waals surface area contributed by atoms with E-state index in [0.717, 1.165) is 0 Å². The van der Waals surface area contributed by atoms with Gasteiger partial charge in [-0.15, -0.1) is 0 Å². The van der Waals surface area contributed by atoms with Crippen molar-refractivity contribution in [3.05, 3.63) is 28.6 Å². The Bertz CT molecular complexity index is 877. The minimum Gasteiger partial charge on any atom is -0.480 e. The van der Waals surface area contributed by atoms with Crippen LogP contribution in [0.2, 0.25) is 5.02 Å². The van der Waals surface area contributed by atoms with Crippen LogP contribution in [0.1, 0.15) is 22.7 Å². The molecule has 0 unspecified atom stereocenters.